The van der Waals surface area contributed by atoms with Gasteiger partial charge in [0, 0.05) is 6.54 Å². The van der Waals surface area contributed by atoms with Crippen LogP contribution in [0.15, 0.2) is 72.8 Å². The number of carbonyl (C=O) groups excluding carboxylic acids is 1. The molecule has 3 aromatic rings. The Kier molecular flexibility index (Phi) is 6.36. The number of hydrogen-bond donors (Lipinski definition) is 2. The van der Waals surface area contributed by atoms with E-state index in [0.29, 0.717) is 12.0 Å². The molecule has 0 radical (unpaired) electrons. The van der Waals surface area contributed by atoms with Crippen LogP contribution in [-0.2, 0) is 27.7 Å². The van der Waals surface area contributed by atoms with Crippen molar-refractivity contribution in [1.29, 1.82) is 0 Å². The molecule has 8 heteroatoms. The number of aryl methyl sites for hydroxylation is 1. The lowest BCUT2D eigenvalue weighted by Crippen LogP contribution is -2.47. The smallest absolute Gasteiger partial charge is 0.266 e. The maximum atomic E-state index is 13.1. The number of nitrogens with one attached hydrogen (secondary N) is 1. The van der Waals surface area contributed by atoms with E-state index in [4.69, 9.17) is 0 Å². The van der Waals surface area contributed by atoms with Crippen LogP contribution in [0, 0.1) is 5.82 Å². The lowest BCUT2D eigenvalue weighted by Gasteiger charge is -2.34. The molecule has 0 aliphatic carbocycles. The molecule has 3 aromatic carbocycles. The van der Waals surface area contributed by atoms with Crippen LogP contribution in [0.2, 0.25) is 0 Å². The number of nitrogens with zero attached hydrogens (tertiary/aromatic N) is 1. The second kappa shape index (κ2) is 9.20. The fourth-order valence-corrected chi connectivity index (χ4v) is 5.67. The summed E-state index contributed by atoms with van der Waals surface area (Å²) in [7, 11) is -3.78. The Morgan fingerprint density at radius 1 is 1.00 bits per heavy atom. The molecule has 6 nitrogen and oxygen atoms in total. The number of benzene rings is 3. The second-order valence-corrected chi connectivity index (χ2v) is 9.75. The summed E-state index contributed by atoms with van der Waals surface area (Å²) in [5.74, 6) is -1.24. The molecule has 0 aromatic heterocycles. The zero-order valence-electron chi connectivity index (χ0n) is 17.2. The molecule has 1 atom stereocenters. The van der Waals surface area contributed by atoms with Crippen molar-refractivity contribution in [2.75, 3.05) is 12.3 Å². The molecule has 0 bridgehead atoms. The maximum absolute atomic E-state index is 13.1. The molecule has 1 aliphatic rings. The first-order chi connectivity index (χ1) is 15.4. The molecule has 0 fully saturated rings. The van der Waals surface area contributed by atoms with Crippen LogP contribution in [0.5, 0.6) is 0 Å². The van der Waals surface area contributed by atoms with Gasteiger partial charge in [0.25, 0.3) is 5.91 Å². The third-order valence-electron chi connectivity index (χ3n) is 5.74. The first-order valence-corrected chi connectivity index (χ1v) is 11.9. The summed E-state index contributed by atoms with van der Waals surface area (Å²) >= 11 is 0. The molecule has 0 spiro atoms. The highest BCUT2D eigenvalue weighted by molar-refractivity contribution is 7.89. The second-order valence-electron chi connectivity index (χ2n) is 7.71. The Morgan fingerprint density at radius 3 is 2.28 bits per heavy atom. The van der Waals surface area contributed by atoms with Gasteiger partial charge in [-0.05, 0) is 52.8 Å². The van der Waals surface area contributed by atoms with Gasteiger partial charge in [-0.2, -0.15) is 4.31 Å². The van der Waals surface area contributed by atoms with E-state index in [0.717, 1.165) is 22.3 Å². The fraction of sp³-hybridized carbons (Fsp3) is 0.208. The largest absolute Gasteiger partial charge is 0.289 e. The van der Waals surface area contributed by atoms with Crippen molar-refractivity contribution >= 4 is 15.9 Å². The lowest BCUT2D eigenvalue weighted by molar-refractivity contribution is -0.133. The van der Waals surface area contributed by atoms with Gasteiger partial charge in [0.05, 0.1) is 5.75 Å². The molecule has 1 unspecified atom stereocenters. The van der Waals surface area contributed by atoms with Crippen molar-refractivity contribution in [2.24, 2.45) is 0 Å². The van der Waals surface area contributed by atoms with E-state index in [2.05, 4.69) is 0 Å². The van der Waals surface area contributed by atoms with Gasteiger partial charge < -0.3 is 0 Å². The number of sulfonamides is 1. The molecule has 4 rings (SSSR count). The predicted octanol–water partition coefficient (Wildman–Crippen LogP) is 3.47. The minimum Gasteiger partial charge on any atom is -0.289 e. The third kappa shape index (κ3) is 4.57. The topological polar surface area (TPSA) is 86.7 Å². The Morgan fingerprint density at radius 2 is 1.62 bits per heavy atom. The lowest BCUT2D eigenvalue weighted by atomic mass is 9.94. The summed E-state index contributed by atoms with van der Waals surface area (Å²) in [6, 6.07) is 19.7. The molecule has 1 heterocycles. The molecular weight excluding hydrogens is 431 g/mol. The van der Waals surface area contributed by atoms with Gasteiger partial charge in [-0.25, -0.2) is 18.3 Å². The summed E-state index contributed by atoms with van der Waals surface area (Å²) < 4.78 is 40.6. The van der Waals surface area contributed by atoms with E-state index in [1.54, 1.807) is 29.7 Å². The minimum atomic E-state index is -3.78. The van der Waals surface area contributed by atoms with Crippen molar-refractivity contribution in [3.05, 3.63) is 95.3 Å². The number of amides is 1. The molecule has 0 saturated heterocycles. The number of carbonyl (C=O) groups is 1. The van der Waals surface area contributed by atoms with Crippen molar-refractivity contribution in [3.63, 3.8) is 0 Å². The summed E-state index contributed by atoms with van der Waals surface area (Å²) in [6.07, 6.45) is 0.772. The van der Waals surface area contributed by atoms with Crippen LogP contribution in [0.25, 0.3) is 11.1 Å². The SMILES string of the molecule is O=C(NO)C1c2ccccc2CCN1S(=O)(=O)CCc1ccc(-c2ccc(F)cc2)cc1. The molecule has 2 N–H and O–H groups in total. The van der Waals surface area contributed by atoms with E-state index in [1.807, 2.05) is 36.4 Å². The van der Waals surface area contributed by atoms with E-state index < -0.39 is 22.0 Å². The zero-order valence-corrected chi connectivity index (χ0v) is 18.1. The molecule has 0 saturated carbocycles. The van der Waals surface area contributed by atoms with Crippen LogP contribution >= 0.6 is 0 Å². The summed E-state index contributed by atoms with van der Waals surface area (Å²) in [6.45, 7) is 0.168. The van der Waals surface area contributed by atoms with Crippen LogP contribution < -0.4 is 5.48 Å². The van der Waals surface area contributed by atoms with Crippen molar-refractivity contribution in [1.82, 2.24) is 9.79 Å². The van der Waals surface area contributed by atoms with Crippen LogP contribution in [0.4, 0.5) is 4.39 Å². The van der Waals surface area contributed by atoms with Crippen LogP contribution in [0.3, 0.4) is 0 Å². The summed E-state index contributed by atoms with van der Waals surface area (Å²) in [4.78, 5) is 12.4. The first kappa shape index (κ1) is 22.1. The number of halogens is 1. The normalized spacial score (nSPS) is 16.4. The molecule has 166 valence electrons. The van der Waals surface area contributed by atoms with Gasteiger partial charge in [0.15, 0.2) is 0 Å². The summed E-state index contributed by atoms with van der Waals surface area (Å²) in [5, 5.41) is 9.20. The molecule has 1 aliphatic heterocycles. The average molecular weight is 455 g/mol. The van der Waals surface area contributed by atoms with Gasteiger partial charge in [-0.3, -0.25) is 10.0 Å². The molecular formula is C24H23FN2O4S. The van der Waals surface area contributed by atoms with Crippen LogP contribution in [-0.4, -0.2) is 36.1 Å². The predicted molar refractivity (Wildman–Crippen MR) is 119 cm³/mol. The minimum absolute atomic E-state index is 0.166. The number of hydrogen-bond acceptors (Lipinski definition) is 4. The van der Waals surface area contributed by atoms with Crippen molar-refractivity contribution in [3.8, 4) is 11.1 Å². The van der Waals surface area contributed by atoms with Gasteiger partial charge in [0.1, 0.15) is 11.9 Å². The maximum Gasteiger partial charge on any atom is 0.266 e. The van der Waals surface area contributed by atoms with E-state index in [-0.39, 0.29) is 24.5 Å². The number of fused-ring (bicyclic) bond motifs is 1. The van der Waals surface area contributed by atoms with Gasteiger partial charge in [-0.15, -0.1) is 0 Å². The monoisotopic (exact) mass is 454 g/mol. The van der Waals surface area contributed by atoms with Crippen LogP contribution in [0.1, 0.15) is 22.7 Å². The van der Waals surface area contributed by atoms with E-state index >= 15 is 0 Å². The highest BCUT2D eigenvalue weighted by Crippen LogP contribution is 2.32. The van der Waals surface area contributed by atoms with E-state index in [9.17, 15) is 22.8 Å². The zero-order chi connectivity index (χ0) is 22.7. The third-order valence-corrected chi connectivity index (χ3v) is 7.56. The first-order valence-electron chi connectivity index (χ1n) is 10.3. The Bertz CT molecular complexity index is 1210. The quantitative estimate of drug-likeness (QED) is 0.441. The molecule has 32 heavy (non-hydrogen) atoms. The standard InChI is InChI=1S/C24H23FN2O4S/c25-21-11-9-19(10-12-21)18-7-5-17(6-8-18)14-16-32(30,31)27-15-13-20-3-1-2-4-22(20)23(27)24(28)26-29/h1-12,23,29H,13-16H2,(H,26,28). The summed E-state index contributed by atoms with van der Waals surface area (Å²) in [5.41, 5.74) is 5.69. The van der Waals surface area contributed by atoms with Crippen molar-refractivity contribution in [2.45, 2.75) is 18.9 Å². The van der Waals surface area contributed by atoms with Gasteiger partial charge in [-0.1, -0.05) is 60.7 Å². The fourth-order valence-electron chi connectivity index (χ4n) is 4.05. The Balaban J connectivity index is 1.50. The van der Waals surface area contributed by atoms with E-state index in [1.165, 1.54) is 16.4 Å². The van der Waals surface area contributed by atoms with Gasteiger partial charge >= 0.3 is 0 Å². The Labute approximate surface area is 186 Å². The number of hydroxylamine groups is 1. The Hall–Kier alpha value is -3.07. The highest BCUT2D eigenvalue weighted by Gasteiger charge is 2.39. The average Bonchev–Trinajstić information content (AvgIpc) is 2.82. The highest BCUT2D eigenvalue weighted by atomic mass is 32.2. The number of rotatable bonds is 6. The van der Waals surface area contributed by atoms with Gasteiger partial charge in [0.2, 0.25) is 10.0 Å². The van der Waals surface area contributed by atoms with Crippen molar-refractivity contribution < 1.29 is 22.8 Å². The molecule has 1 amide bonds.